The lowest BCUT2D eigenvalue weighted by Crippen LogP contribution is -2.54. The Morgan fingerprint density at radius 3 is 2.67 bits per heavy atom. The molecule has 9 heteroatoms. The summed E-state index contributed by atoms with van der Waals surface area (Å²) in [6.45, 7) is 2.48. The average molecular weight is 409 g/mol. The van der Waals surface area contributed by atoms with Crippen LogP contribution >= 0.6 is 0 Å². The number of piperidine rings is 1. The number of fused-ring (bicyclic) bond motifs is 1. The van der Waals surface area contributed by atoms with Crippen LogP contribution in [0.5, 0.6) is 0 Å². The lowest BCUT2D eigenvalue weighted by Gasteiger charge is -2.28. The fourth-order valence-corrected chi connectivity index (χ4v) is 3.79. The van der Waals surface area contributed by atoms with E-state index in [1.54, 1.807) is 6.07 Å². The van der Waals surface area contributed by atoms with Gasteiger partial charge in [-0.2, -0.15) is 0 Å². The number of benzene rings is 1. The number of amides is 5. The van der Waals surface area contributed by atoms with Crippen LogP contribution in [-0.2, 0) is 16.1 Å². The first-order valence-electron chi connectivity index (χ1n) is 9.57. The zero-order chi connectivity index (χ0) is 21.4. The summed E-state index contributed by atoms with van der Waals surface area (Å²) in [4.78, 5) is 65.3. The number of nitrogens with one attached hydrogen (secondary N) is 1. The summed E-state index contributed by atoms with van der Waals surface area (Å²) < 4.78 is 5.04. The van der Waals surface area contributed by atoms with Gasteiger partial charge in [-0.1, -0.05) is 6.07 Å². The zero-order valence-electron chi connectivity index (χ0n) is 16.2. The van der Waals surface area contributed by atoms with Crippen LogP contribution in [0.25, 0.3) is 0 Å². The summed E-state index contributed by atoms with van der Waals surface area (Å²) in [5, 5.41) is 2.16. The van der Waals surface area contributed by atoms with Crippen LogP contribution in [0.2, 0.25) is 0 Å². The molecule has 0 aliphatic carbocycles. The first-order valence-corrected chi connectivity index (χ1v) is 9.57. The van der Waals surface area contributed by atoms with Crippen LogP contribution in [0.4, 0.5) is 0 Å². The van der Waals surface area contributed by atoms with Gasteiger partial charge in [0.15, 0.2) is 0 Å². The zero-order valence-corrected chi connectivity index (χ0v) is 16.2. The molecule has 0 spiro atoms. The Bertz CT molecular complexity index is 1060. The van der Waals surface area contributed by atoms with Crippen LogP contribution in [0.1, 0.15) is 56.4 Å². The third kappa shape index (κ3) is 3.18. The number of hydrogen-bond acceptors (Lipinski definition) is 6. The topological polar surface area (TPSA) is 117 Å². The molecule has 2 aliphatic rings. The van der Waals surface area contributed by atoms with Crippen molar-refractivity contribution in [2.45, 2.75) is 32.4 Å². The monoisotopic (exact) mass is 409 g/mol. The van der Waals surface area contributed by atoms with Gasteiger partial charge in [0.25, 0.3) is 17.7 Å². The molecule has 2 aromatic rings. The van der Waals surface area contributed by atoms with Crippen molar-refractivity contribution in [2.24, 2.45) is 0 Å². The second-order valence-electron chi connectivity index (χ2n) is 7.13. The van der Waals surface area contributed by atoms with Gasteiger partial charge < -0.3 is 9.32 Å². The molecule has 9 nitrogen and oxygen atoms in total. The predicted molar refractivity (Wildman–Crippen MR) is 102 cm³/mol. The molecule has 1 fully saturated rings. The van der Waals surface area contributed by atoms with Crippen molar-refractivity contribution in [1.29, 1.82) is 0 Å². The smallest absolute Gasteiger partial charge is 0.263 e. The summed E-state index contributed by atoms with van der Waals surface area (Å²) in [6.07, 6.45) is 3.13. The highest BCUT2D eigenvalue weighted by molar-refractivity contribution is 6.26. The summed E-state index contributed by atoms with van der Waals surface area (Å²) in [5.41, 5.74) is 0.967. The molecule has 1 aromatic heterocycles. The number of rotatable bonds is 5. The van der Waals surface area contributed by atoms with E-state index in [4.69, 9.17) is 4.42 Å². The van der Waals surface area contributed by atoms with E-state index in [9.17, 15) is 24.0 Å². The van der Waals surface area contributed by atoms with E-state index in [0.29, 0.717) is 6.54 Å². The van der Waals surface area contributed by atoms with Gasteiger partial charge in [0, 0.05) is 25.1 Å². The first kappa shape index (κ1) is 19.6. The average Bonchev–Trinajstić information content (AvgIpc) is 3.33. The van der Waals surface area contributed by atoms with Crippen molar-refractivity contribution in [3.63, 3.8) is 0 Å². The SMILES string of the molecule is CCN(Cc1ccoc1)C(=O)c1cccc2c1C(=O)N(C1CCC(=O)NC1=O)C2=O. The predicted octanol–water partition coefficient (Wildman–Crippen LogP) is 1.34. The van der Waals surface area contributed by atoms with Crippen molar-refractivity contribution in [3.8, 4) is 0 Å². The van der Waals surface area contributed by atoms with Crippen LogP contribution in [0.15, 0.2) is 41.2 Å². The molecule has 1 atom stereocenters. The van der Waals surface area contributed by atoms with Gasteiger partial charge >= 0.3 is 0 Å². The van der Waals surface area contributed by atoms with Crippen LogP contribution in [0.3, 0.4) is 0 Å². The van der Waals surface area contributed by atoms with Gasteiger partial charge in [-0.05, 0) is 31.5 Å². The molecule has 1 aromatic carbocycles. The second-order valence-corrected chi connectivity index (χ2v) is 7.13. The standard InChI is InChI=1S/C21H19N3O6/c1-2-23(10-12-8-9-30-11-12)19(27)13-4-3-5-14-17(13)21(29)24(20(14)28)15-6-7-16(25)22-18(15)26/h3-5,8-9,11,15H,2,6-7,10H2,1H3,(H,22,25,26). The lowest BCUT2D eigenvalue weighted by atomic mass is 10.0. The molecule has 4 rings (SSSR count). The maximum Gasteiger partial charge on any atom is 0.263 e. The Morgan fingerprint density at radius 2 is 2.00 bits per heavy atom. The van der Waals surface area contributed by atoms with Crippen LogP contribution in [-0.4, -0.2) is 51.9 Å². The van der Waals surface area contributed by atoms with E-state index in [0.717, 1.165) is 10.5 Å². The van der Waals surface area contributed by atoms with Gasteiger partial charge in [-0.3, -0.25) is 34.2 Å². The van der Waals surface area contributed by atoms with Gasteiger partial charge in [0.05, 0.1) is 29.2 Å². The van der Waals surface area contributed by atoms with Gasteiger partial charge in [0.2, 0.25) is 11.8 Å². The molecule has 1 saturated heterocycles. The van der Waals surface area contributed by atoms with Crippen molar-refractivity contribution >= 4 is 29.5 Å². The number of furan rings is 1. The number of nitrogens with zero attached hydrogens (tertiary/aromatic N) is 2. The van der Waals surface area contributed by atoms with Crippen molar-refractivity contribution in [3.05, 3.63) is 59.0 Å². The number of hydrogen-bond donors (Lipinski definition) is 1. The second kappa shape index (κ2) is 7.58. The largest absolute Gasteiger partial charge is 0.472 e. The molecule has 5 amide bonds. The highest BCUT2D eigenvalue weighted by atomic mass is 16.3. The number of imide groups is 2. The molecular formula is C21H19N3O6. The van der Waals surface area contributed by atoms with E-state index in [1.165, 1.54) is 35.6 Å². The number of carbonyl (C=O) groups excluding carboxylic acids is 5. The van der Waals surface area contributed by atoms with E-state index >= 15 is 0 Å². The van der Waals surface area contributed by atoms with E-state index in [-0.39, 0.29) is 36.1 Å². The van der Waals surface area contributed by atoms with Crippen molar-refractivity contribution in [1.82, 2.24) is 15.1 Å². The Kier molecular flexibility index (Phi) is 4.94. The van der Waals surface area contributed by atoms with E-state index < -0.39 is 35.6 Å². The third-order valence-corrected chi connectivity index (χ3v) is 5.32. The Balaban J connectivity index is 1.67. The molecule has 3 heterocycles. The maximum absolute atomic E-state index is 13.2. The summed E-state index contributed by atoms with van der Waals surface area (Å²) in [7, 11) is 0. The third-order valence-electron chi connectivity index (χ3n) is 5.32. The maximum atomic E-state index is 13.2. The lowest BCUT2D eigenvalue weighted by molar-refractivity contribution is -0.136. The van der Waals surface area contributed by atoms with E-state index in [1.807, 2.05) is 6.92 Å². The minimum Gasteiger partial charge on any atom is -0.472 e. The normalized spacial score (nSPS) is 18.4. The minimum absolute atomic E-state index is 0.0113. The molecule has 0 saturated carbocycles. The quantitative estimate of drug-likeness (QED) is 0.745. The van der Waals surface area contributed by atoms with Gasteiger partial charge in [0.1, 0.15) is 6.04 Å². The van der Waals surface area contributed by atoms with E-state index in [2.05, 4.69) is 5.32 Å². The fourth-order valence-electron chi connectivity index (χ4n) is 3.79. The summed E-state index contributed by atoms with van der Waals surface area (Å²) >= 11 is 0. The first-order chi connectivity index (χ1) is 14.4. The Morgan fingerprint density at radius 1 is 1.20 bits per heavy atom. The van der Waals surface area contributed by atoms with Crippen LogP contribution < -0.4 is 5.32 Å². The highest BCUT2D eigenvalue weighted by Crippen LogP contribution is 2.30. The highest BCUT2D eigenvalue weighted by Gasteiger charge is 2.46. The molecule has 30 heavy (non-hydrogen) atoms. The molecular weight excluding hydrogens is 390 g/mol. The Labute approximate surface area is 171 Å². The van der Waals surface area contributed by atoms with Gasteiger partial charge in [-0.15, -0.1) is 0 Å². The molecule has 1 unspecified atom stereocenters. The van der Waals surface area contributed by atoms with Gasteiger partial charge in [-0.25, -0.2) is 0 Å². The fraction of sp³-hybridized carbons (Fsp3) is 0.286. The summed E-state index contributed by atoms with van der Waals surface area (Å²) in [5.74, 6) is -2.88. The summed E-state index contributed by atoms with van der Waals surface area (Å²) in [6, 6.07) is 5.16. The Hall–Kier alpha value is -3.75. The molecule has 0 radical (unpaired) electrons. The van der Waals surface area contributed by atoms with Crippen LogP contribution in [0, 0.1) is 0 Å². The molecule has 1 N–H and O–H groups in total. The van der Waals surface area contributed by atoms with Crippen molar-refractivity contribution < 1.29 is 28.4 Å². The molecule has 154 valence electrons. The minimum atomic E-state index is -1.08. The molecule has 2 aliphatic heterocycles. The molecule has 0 bridgehead atoms. The van der Waals surface area contributed by atoms with Crippen molar-refractivity contribution in [2.75, 3.05) is 6.54 Å². The number of carbonyl (C=O) groups is 5.